The number of nitrogens with zero attached hydrogens (tertiary/aromatic N) is 4. The highest BCUT2D eigenvalue weighted by Crippen LogP contribution is 2.28. The third kappa shape index (κ3) is 4.03. The van der Waals surface area contributed by atoms with Crippen LogP contribution in [-0.2, 0) is 13.0 Å². The molecule has 3 heterocycles. The zero-order chi connectivity index (χ0) is 20.4. The van der Waals surface area contributed by atoms with Gasteiger partial charge in [0.25, 0.3) is 5.91 Å². The fourth-order valence-electron chi connectivity index (χ4n) is 4.08. The Morgan fingerprint density at radius 2 is 2.17 bits per heavy atom. The van der Waals surface area contributed by atoms with E-state index in [1.54, 1.807) is 10.9 Å². The van der Waals surface area contributed by atoms with E-state index in [2.05, 4.69) is 31.1 Å². The molecule has 29 heavy (non-hydrogen) atoms. The number of carbonyl (C=O) groups is 1. The molecule has 1 aromatic carbocycles. The van der Waals surface area contributed by atoms with E-state index in [0.29, 0.717) is 18.0 Å². The lowest BCUT2D eigenvalue weighted by Gasteiger charge is -2.31. The first-order valence-electron chi connectivity index (χ1n) is 10.5. The molecule has 1 fully saturated rings. The maximum Gasteiger partial charge on any atom is 0.254 e. The second kappa shape index (κ2) is 8.33. The van der Waals surface area contributed by atoms with E-state index in [1.807, 2.05) is 23.2 Å². The van der Waals surface area contributed by atoms with Crippen molar-refractivity contribution in [3.63, 3.8) is 0 Å². The van der Waals surface area contributed by atoms with Gasteiger partial charge in [0.1, 0.15) is 0 Å². The zero-order valence-corrected chi connectivity index (χ0v) is 17.1. The molecule has 1 aliphatic rings. The molecule has 0 bridgehead atoms. The van der Waals surface area contributed by atoms with Crippen molar-refractivity contribution in [2.75, 3.05) is 19.7 Å². The molecule has 2 aromatic heterocycles. The van der Waals surface area contributed by atoms with Crippen LogP contribution in [0.4, 0.5) is 0 Å². The first kappa shape index (κ1) is 19.6. The molecule has 1 amide bonds. The molecule has 3 aromatic rings. The number of rotatable bonds is 5. The summed E-state index contributed by atoms with van der Waals surface area (Å²) in [5.41, 5.74) is 4.32. The summed E-state index contributed by atoms with van der Waals surface area (Å²) in [7, 11) is 0. The van der Waals surface area contributed by atoms with E-state index in [-0.39, 0.29) is 12.5 Å². The average Bonchev–Trinajstić information content (AvgIpc) is 3.21. The van der Waals surface area contributed by atoms with E-state index in [4.69, 9.17) is 10.1 Å². The number of aliphatic hydroxyl groups excluding tert-OH is 1. The molecule has 1 N–H and O–H groups in total. The van der Waals surface area contributed by atoms with Crippen LogP contribution in [0.2, 0.25) is 0 Å². The summed E-state index contributed by atoms with van der Waals surface area (Å²) in [4.78, 5) is 20.3. The lowest BCUT2D eigenvalue weighted by atomic mass is 9.97. The SMILES string of the molecule is CCc1ccc2nc(-c3cnn(CCO)c3)cc(C(=O)N3CCCC(C)C3)c2c1. The summed E-state index contributed by atoms with van der Waals surface area (Å²) in [5, 5.41) is 14.3. The quantitative estimate of drug-likeness (QED) is 0.721. The van der Waals surface area contributed by atoms with Crippen molar-refractivity contribution in [3.8, 4) is 11.3 Å². The fraction of sp³-hybridized carbons (Fsp3) is 0.435. The van der Waals surface area contributed by atoms with Crippen LogP contribution in [0, 0.1) is 5.92 Å². The summed E-state index contributed by atoms with van der Waals surface area (Å²) in [6.07, 6.45) is 6.75. The minimum absolute atomic E-state index is 0.0307. The van der Waals surface area contributed by atoms with E-state index in [9.17, 15) is 4.79 Å². The van der Waals surface area contributed by atoms with Gasteiger partial charge in [-0.3, -0.25) is 9.48 Å². The molecular weight excluding hydrogens is 364 g/mol. The monoisotopic (exact) mass is 392 g/mol. The van der Waals surface area contributed by atoms with Crippen molar-refractivity contribution < 1.29 is 9.90 Å². The highest BCUT2D eigenvalue weighted by molar-refractivity contribution is 6.07. The van der Waals surface area contributed by atoms with Gasteiger partial charge < -0.3 is 10.0 Å². The Hall–Kier alpha value is -2.73. The maximum atomic E-state index is 13.5. The number of carbonyl (C=O) groups excluding carboxylic acids is 1. The summed E-state index contributed by atoms with van der Waals surface area (Å²) in [6, 6.07) is 8.09. The standard InChI is InChI=1S/C23H28N4O2/c1-3-17-6-7-21-19(11-17)20(23(29)26-8-4-5-16(2)14-26)12-22(25-21)18-13-24-27(15-18)9-10-28/h6-7,11-13,15-16,28H,3-5,8-10,14H2,1-2H3. The van der Waals surface area contributed by atoms with Crippen molar-refractivity contribution in [1.82, 2.24) is 19.7 Å². The van der Waals surface area contributed by atoms with Gasteiger partial charge in [-0.05, 0) is 48.9 Å². The van der Waals surface area contributed by atoms with Gasteiger partial charge in [-0.25, -0.2) is 4.98 Å². The van der Waals surface area contributed by atoms with Crippen LogP contribution in [0.15, 0.2) is 36.7 Å². The Kier molecular flexibility index (Phi) is 5.62. The largest absolute Gasteiger partial charge is 0.394 e. The third-order valence-corrected chi connectivity index (χ3v) is 5.71. The van der Waals surface area contributed by atoms with Gasteiger partial charge in [-0.2, -0.15) is 5.10 Å². The number of likely N-dealkylation sites (tertiary alicyclic amines) is 1. The Labute approximate surface area is 171 Å². The van der Waals surface area contributed by atoms with E-state index >= 15 is 0 Å². The highest BCUT2D eigenvalue weighted by atomic mass is 16.3. The summed E-state index contributed by atoms with van der Waals surface area (Å²) in [6.45, 7) is 6.41. The van der Waals surface area contributed by atoms with Crippen LogP contribution >= 0.6 is 0 Å². The van der Waals surface area contributed by atoms with Gasteiger partial charge in [0.05, 0.1) is 36.1 Å². The lowest BCUT2D eigenvalue weighted by Crippen LogP contribution is -2.39. The van der Waals surface area contributed by atoms with E-state index in [0.717, 1.165) is 48.1 Å². The minimum Gasteiger partial charge on any atom is -0.394 e. The first-order valence-corrected chi connectivity index (χ1v) is 10.5. The number of fused-ring (bicyclic) bond motifs is 1. The Morgan fingerprint density at radius 3 is 2.93 bits per heavy atom. The Morgan fingerprint density at radius 1 is 1.31 bits per heavy atom. The number of amides is 1. The predicted octanol–water partition coefficient (Wildman–Crippen LogP) is 3.53. The van der Waals surface area contributed by atoms with Gasteiger partial charge in [-0.1, -0.05) is 19.9 Å². The van der Waals surface area contributed by atoms with Crippen molar-refractivity contribution in [2.45, 2.75) is 39.7 Å². The number of benzene rings is 1. The third-order valence-electron chi connectivity index (χ3n) is 5.71. The molecule has 1 saturated heterocycles. The van der Waals surface area contributed by atoms with Crippen LogP contribution in [-0.4, -0.2) is 50.4 Å². The Bertz CT molecular complexity index is 1030. The van der Waals surface area contributed by atoms with Gasteiger partial charge >= 0.3 is 0 Å². The second-order valence-corrected chi connectivity index (χ2v) is 7.97. The molecule has 6 heteroatoms. The van der Waals surface area contributed by atoms with Gasteiger partial charge in [-0.15, -0.1) is 0 Å². The number of pyridine rings is 1. The molecule has 0 saturated carbocycles. The van der Waals surface area contributed by atoms with Crippen molar-refractivity contribution in [2.24, 2.45) is 5.92 Å². The molecule has 6 nitrogen and oxygen atoms in total. The van der Waals surface area contributed by atoms with E-state index < -0.39 is 0 Å². The van der Waals surface area contributed by atoms with Crippen molar-refractivity contribution >= 4 is 16.8 Å². The van der Waals surface area contributed by atoms with Crippen LogP contribution < -0.4 is 0 Å². The Balaban J connectivity index is 1.81. The van der Waals surface area contributed by atoms with Gasteiger partial charge in [0.2, 0.25) is 0 Å². The second-order valence-electron chi connectivity index (χ2n) is 7.97. The predicted molar refractivity (Wildman–Crippen MR) is 114 cm³/mol. The molecule has 1 atom stereocenters. The van der Waals surface area contributed by atoms with Crippen LogP contribution in [0.5, 0.6) is 0 Å². The zero-order valence-electron chi connectivity index (χ0n) is 17.1. The lowest BCUT2D eigenvalue weighted by molar-refractivity contribution is 0.0685. The minimum atomic E-state index is 0.0307. The molecule has 0 aliphatic carbocycles. The molecule has 4 rings (SSSR count). The average molecular weight is 393 g/mol. The molecular formula is C23H28N4O2. The number of hydrogen-bond acceptors (Lipinski definition) is 4. The van der Waals surface area contributed by atoms with Gasteiger partial charge in [0.15, 0.2) is 0 Å². The number of hydrogen-bond donors (Lipinski definition) is 1. The number of aliphatic hydroxyl groups is 1. The van der Waals surface area contributed by atoms with E-state index in [1.165, 1.54) is 12.0 Å². The van der Waals surface area contributed by atoms with Crippen molar-refractivity contribution in [3.05, 3.63) is 47.8 Å². The number of aromatic nitrogens is 3. The molecule has 1 aliphatic heterocycles. The maximum absolute atomic E-state index is 13.5. The van der Waals surface area contributed by atoms with Crippen LogP contribution in [0.3, 0.4) is 0 Å². The number of piperidine rings is 1. The van der Waals surface area contributed by atoms with Crippen LogP contribution in [0.1, 0.15) is 42.6 Å². The van der Waals surface area contributed by atoms with Crippen molar-refractivity contribution in [1.29, 1.82) is 0 Å². The summed E-state index contributed by atoms with van der Waals surface area (Å²) >= 11 is 0. The molecule has 1 unspecified atom stereocenters. The summed E-state index contributed by atoms with van der Waals surface area (Å²) < 4.78 is 1.69. The fourth-order valence-corrected chi connectivity index (χ4v) is 4.08. The number of aryl methyl sites for hydroxylation is 1. The first-order chi connectivity index (χ1) is 14.1. The molecule has 0 radical (unpaired) electrons. The summed E-state index contributed by atoms with van der Waals surface area (Å²) in [5.74, 6) is 0.615. The smallest absolute Gasteiger partial charge is 0.254 e. The van der Waals surface area contributed by atoms with Crippen LogP contribution in [0.25, 0.3) is 22.2 Å². The molecule has 0 spiro atoms. The van der Waals surface area contributed by atoms with Gasteiger partial charge in [0, 0.05) is 30.2 Å². The topological polar surface area (TPSA) is 71.2 Å². The highest BCUT2D eigenvalue weighted by Gasteiger charge is 2.24. The normalized spacial score (nSPS) is 17.1. The molecule has 152 valence electrons.